The maximum atomic E-state index is 9.57. The number of aryl methyl sites for hydroxylation is 1. The smallest absolute Gasteiger partial charge is 0.222 e. The van der Waals surface area contributed by atoms with Gasteiger partial charge in [0.25, 0.3) is 0 Å². The number of aromatic nitrogens is 2. The quantitative estimate of drug-likeness (QED) is 0.641. The molecule has 1 aromatic rings. The van der Waals surface area contributed by atoms with Gasteiger partial charge in [-0.25, -0.2) is 9.97 Å². The molecule has 0 saturated carbocycles. The number of β-amino-alcohol motifs (C(OH)–C–C–N with tert-alkyl or cyclic N) is 1. The normalized spacial score (nSPS) is 25.5. The van der Waals surface area contributed by atoms with Gasteiger partial charge in [0.1, 0.15) is 0 Å². The number of nitrogens with one attached hydrogen (secondary N) is 2. The van der Waals surface area contributed by atoms with Gasteiger partial charge in [0.15, 0.2) is 0 Å². The Morgan fingerprint density at radius 3 is 2.73 bits per heavy atom. The van der Waals surface area contributed by atoms with Gasteiger partial charge >= 0.3 is 0 Å². The first-order valence-corrected chi connectivity index (χ1v) is 5.26. The molecule has 0 radical (unpaired) electrons. The lowest BCUT2D eigenvalue weighted by Gasteiger charge is -2.14. The molecule has 0 aromatic carbocycles. The monoisotopic (exact) mass is 208 g/mol. The lowest BCUT2D eigenvalue weighted by Crippen LogP contribution is -2.32. The van der Waals surface area contributed by atoms with Crippen LogP contribution in [0.4, 0.5) is 5.95 Å². The highest BCUT2D eigenvalue weighted by molar-refractivity contribution is 5.27. The van der Waals surface area contributed by atoms with Crippen molar-refractivity contribution in [3.63, 3.8) is 0 Å². The molecule has 1 aliphatic heterocycles. The van der Waals surface area contributed by atoms with Gasteiger partial charge in [0.2, 0.25) is 5.95 Å². The fourth-order valence-electron chi connectivity index (χ4n) is 1.59. The van der Waals surface area contributed by atoms with Crippen LogP contribution in [0, 0.1) is 0 Å². The third kappa shape index (κ3) is 2.43. The van der Waals surface area contributed by atoms with Gasteiger partial charge in [-0.2, -0.15) is 0 Å². The Morgan fingerprint density at radius 2 is 2.20 bits per heavy atom. The molecule has 3 N–H and O–H groups in total. The molecule has 5 heteroatoms. The Hall–Kier alpha value is -1.20. The summed E-state index contributed by atoms with van der Waals surface area (Å²) >= 11 is 0. The molecule has 2 rings (SSSR count). The van der Waals surface area contributed by atoms with Crippen LogP contribution in [0.15, 0.2) is 12.4 Å². The molecule has 1 saturated heterocycles. The van der Waals surface area contributed by atoms with Crippen molar-refractivity contribution in [1.82, 2.24) is 15.3 Å². The lowest BCUT2D eigenvalue weighted by atomic mass is 10.2. The van der Waals surface area contributed by atoms with E-state index in [2.05, 4.69) is 27.5 Å². The van der Waals surface area contributed by atoms with E-state index in [9.17, 15) is 5.11 Å². The van der Waals surface area contributed by atoms with E-state index in [4.69, 9.17) is 0 Å². The minimum atomic E-state index is -0.362. The molecule has 0 spiro atoms. The number of aliphatic hydroxyl groups excluding tert-OH is 1. The van der Waals surface area contributed by atoms with E-state index in [0.29, 0.717) is 12.5 Å². The van der Waals surface area contributed by atoms with Crippen LogP contribution in [0.2, 0.25) is 0 Å². The number of hydrogen-bond acceptors (Lipinski definition) is 5. The van der Waals surface area contributed by atoms with Crippen LogP contribution in [0.3, 0.4) is 0 Å². The largest absolute Gasteiger partial charge is 0.390 e. The maximum absolute atomic E-state index is 9.57. The Balaban J connectivity index is 1.98. The van der Waals surface area contributed by atoms with E-state index in [0.717, 1.165) is 18.5 Å². The predicted octanol–water partition coefficient (Wildman–Crippen LogP) is -0.216. The predicted molar refractivity (Wildman–Crippen MR) is 57.7 cm³/mol. The van der Waals surface area contributed by atoms with E-state index in [1.807, 2.05) is 12.4 Å². The molecule has 0 aliphatic carbocycles. The molecule has 2 unspecified atom stereocenters. The summed E-state index contributed by atoms with van der Waals surface area (Å²) in [5.41, 5.74) is 1.12. The average Bonchev–Trinajstić information content (AvgIpc) is 2.66. The zero-order valence-corrected chi connectivity index (χ0v) is 8.77. The van der Waals surface area contributed by atoms with Crippen molar-refractivity contribution in [2.75, 3.05) is 18.4 Å². The summed E-state index contributed by atoms with van der Waals surface area (Å²) in [4.78, 5) is 8.37. The number of nitrogens with zero attached hydrogens (tertiary/aromatic N) is 2. The van der Waals surface area contributed by atoms with Crippen molar-refractivity contribution in [2.45, 2.75) is 25.5 Å². The average molecular weight is 208 g/mol. The second kappa shape index (κ2) is 4.55. The second-order valence-corrected chi connectivity index (χ2v) is 3.74. The van der Waals surface area contributed by atoms with Crippen molar-refractivity contribution in [2.24, 2.45) is 0 Å². The second-order valence-electron chi connectivity index (χ2n) is 3.74. The summed E-state index contributed by atoms with van der Waals surface area (Å²) in [5.74, 6) is 0.583. The Labute approximate surface area is 88.9 Å². The van der Waals surface area contributed by atoms with Gasteiger partial charge in [-0.1, -0.05) is 6.92 Å². The maximum Gasteiger partial charge on any atom is 0.222 e. The summed E-state index contributed by atoms with van der Waals surface area (Å²) in [6.07, 6.45) is 4.20. The van der Waals surface area contributed by atoms with Gasteiger partial charge in [-0.15, -0.1) is 0 Å². The minimum absolute atomic E-state index is 0.0116. The summed E-state index contributed by atoms with van der Waals surface area (Å²) < 4.78 is 0. The van der Waals surface area contributed by atoms with Gasteiger partial charge in [-0.3, -0.25) is 0 Å². The van der Waals surface area contributed by atoms with Crippen LogP contribution in [-0.4, -0.2) is 40.3 Å². The van der Waals surface area contributed by atoms with Gasteiger partial charge in [-0.05, 0) is 12.0 Å². The molecular weight excluding hydrogens is 192 g/mol. The Bertz CT molecular complexity index is 314. The zero-order valence-electron chi connectivity index (χ0n) is 8.77. The van der Waals surface area contributed by atoms with Crippen molar-refractivity contribution >= 4 is 5.95 Å². The van der Waals surface area contributed by atoms with E-state index in [1.54, 1.807) is 0 Å². The first-order chi connectivity index (χ1) is 7.29. The molecule has 5 nitrogen and oxygen atoms in total. The summed E-state index contributed by atoms with van der Waals surface area (Å²) in [5, 5.41) is 15.8. The van der Waals surface area contributed by atoms with Crippen molar-refractivity contribution in [1.29, 1.82) is 0 Å². The van der Waals surface area contributed by atoms with Crippen molar-refractivity contribution < 1.29 is 5.11 Å². The molecule has 1 aromatic heterocycles. The fraction of sp³-hybridized carbons (Fsp3) is 0.600. The van der Waals surface area contributed by atoms with E-state index < -0.39 is 0 Å². The SMILES string of the molecule is CCc1cnc(NC2CNCC2O)nc1. The molecule has 15 heavy (non-hydrogen) atoms. The highest BCUT2D eigenvalue weighted by atomic mass is 16.3. The lowest BCUT2D eigenvalue weighted by molar-refractivity contribution is 0.185. The van der Waals surface area contributed by atoms with Gasteiger partial charge in [0, 0.05) is 25.5 Å². The zero-order chi connectivity index (χ0) is 10.7. The van der Waals surface area contributed by atoms with E-state index in [1.165, 1.54) is 0 Å². The summed E-state index contributed by atoms with van der Waals surface area (Å²) in [6.45, 7) is 3.45. The molecule has 2 atom stereocenters. The number of hydrogen-bond donors (Lipinski definition) is 3. The fourth-order valence-corrected chi connectivity index (χ4v) is 1.59. The van der Waals surface area contributed by atoms with Gasteiger partial charge in [0.05, 0.1) is 12.1 Å². The highest BCUT2D eigenvalue weighted by Crippen LogP contribution is 2.07. The molecule has 2 heterocycles. The molecule has 1 fully saturated rings. The summed E-state index contributed by atoms with van der Waals surface area (Å²) in [6, 6.07) is 0.0116. The topological polar surface area (TPSA) is 70.1 Å². The van der Waals surface area contributed by atoms with Crippen LogP contribution < -0.4 is 10.6 Å². The standard InChI is InChI=1S/C10H16N4O/c1-2-7-3-12-10(13-4-7)14-8-5-11-6-9(8)15/h3-4,8-9,11,15H,2,5-6H2,1H3,(H,12,13,14). The van der Waals surface area contributed by atoms with Crippen LogP contribution in [0.25, 0.3) is 0 Å². The van der Waals surface area contributed by atoms with Crippen molar-refractivity contribution in [3.8, 4) is 0 Å². The minimum Gasteiger partial charge on any atom is -0.390 e. The summed E-state index contributed by atoms with van der Waals surface area (Å²) in [7, 11) is 0. The van der Waals surface area contributed by atoms with E-state index >= 15 is 0 Å². The molecule has 0 bridgehead atoms. The first kappa shape index (κ1) is 10.3. The third-order valence-electron chi connectivity index (χ3n) is 2.61. The number of anilines is 1. The third-order valence-corrected chi connectivity index (χ3v) is 2.61. The number of aliphatic hydroxyl groups is 1. The van der Waals surface area contributed by atoms with Crippen LogP contribution in [-0.2, 0) is 6.42 Å². The van der Waals surface area contributed by atoms with Crippen LogP contribution in [0.5, 0.6) is 0 Å². The van der Waals surface area contributed by atoms with E-state index in [-0.39, 0.29) is 12.1 Å². The van der Waals surface area contributed by atoms with Crippen LogP contribution in [0.1, 0.15) is 12.5 Å². The highest BCUT2D eigenvalue weighted by Gasteiger charge is 2.24. The molecule has 1 aliphatic rings. The van der Waals surface area contributed by atoms with Gasteiger partial charge < -0.3 is 15.7 Å². The number of rotatable bonds is 3. The first-order valence-electron chi connectivity index (χ1n) is 5.26. The van der Waals surface area contributed by atoms with Crippen molar-refractivity contribution in [3.05, 3.63) is 18.0 Å². The van der Waals surface area contributed by atoms with Crippen LogP contribution >= 0.6 is 0 Å². The molecule has 82 valence electrons. The molecule has 0 amide bonds. The Kier molecular flexibility index (Phi) is 3.13. The Morgan fingerprint density at radius 1 is 1.47 bits per heavy atom. The molecular formula is C10H16N4O.